The topological polar surface area (TPSA) is 21.3 Å². The summed E-state index contributed by atoms with van der Waals surface area (Å²) in [5.41, 5.74) is 1.31. The summed E-state index contributed by atoms with van der Waals surface area (Å²) < 4.78 is 42.6. The number of nitrogens with one attached hydrogen (secondary N) is 1. The van der Waals surface area contributed by atoms with Crippen molar-refractivity contribution in [1.82, 2.24) is 5.32 Å². The smallest absolute Gasteiger partial charge is 0.416 e. The maximum absolute atomic E-state index is 12.4. The molecule has 1 atom stereocenters. The van der Waals surface area contributed by atoms with Gasteiger partial charge in [0.1, 0.15) is 12.4 Å². The summed E-state index contributed by atoms with van der Waals surface area (Å²) in [7, 11) is 0. The van der Waals surface area contributed by atoms with E-state index in [0.717, 1.165) is 18.4 Å². The van der Waals surface area contributed by atoms with Crippen molar-refractivity contribution in [3.63, 3.8) is 0 Å². The maximum atomic E-state index is 12.4. The van der Waals surface area contributed by atoms with Crippen LogP contribution in [0.3, 0.4) is 0 Å². The molecule has 1 N–H and O–H groups in total. The predicted molar refractivity (Wildman–Crippen MR) is 107 cm³/mol. The zero-order chi connectivity index (χ0) is 19.0. The van der Waals surface area contributed by atoms with E-state index in [0.29, 0.717) is 18.6 Å². The molecule has 0 saturated carbocycles. The van der Waals surface area contributed by atoms with Gasteiger partial charge in [-0.2, -0.15) is 13.2 Å². The van der Waals surface area contributed by atoms with E-state index in [-0.39, 0.29) is 18.4 Å². The number of fused-ring (bicyclic) bond motifs is 1. The third kappa shape index (κ3) is 7.65. The molecule has 0 spiro atoms. The molecule has 0 aliphatic carbocycles. The van der Waals surface area contributed by atoms with E-state index in [1.54, 1.807) is 6.07 Å². The van der Waals surface area contributed by atoms with Gasteiger partial charge in [0.25, 0.3) is 0 Å². The van der Waals surface area contributed by atoms with Crippen molar-refractivity contribution in [2.75, 3.05) is 13.2 Å². The van der Waals surface area contributed by atoms with Crippen molar-refractivity contribution >= 4 is 18.5 Å². The summed E-state index contributed by atoms with van der Waals surface area (Å²) in [4.78, 5) is 0. The lowest BCUT2D eigenvalue weighted by Gasteiger charge is -2.13. The second kappa shape index (κ2) is 11.0. The van der Waals surface area contributed by atoms with E-state index >= 15 is 0 Å². The van der Waals surface area contributed by atoms with Crippen LogP contribution >= 0.6 is 12.4 Å². The van der Waals surface area contributed by atoms with Gasteiger partial charge in [-0.05, 0) is 43.7 Å². The van der Waals surface area contributed by atoms with Crippen LogP contribution in [-0.2, 0) is 12.6 Å². The Hall–Kier alpha value is -1.98. The molecule has 1 heterocycles. The molecule has 2 aromatic rings. The van der Waals surface area contributed by atoms with Crippen LogP contribution in [0.5, 0.6) is 5.75 Å². The number of halogens is 4. The van der Waals surface area contributed by atoms with Gasteiger partial charge in [-0.1, -0.05) is 49.4 Å². The lowest BCUT2D eigenvalue weighted by molar-refractivity contribution is -0.137. The fourth-order valence-electron chi connectivity index (χ4n) is 2.71. The van der Waals surface area contributed by atoms with Crippen LogP contribution in [0, 0.1) is 0 Å². The second-order valence-corrected chi connectivity index (χ2v) is 6.11. The number of para-hydroxylation sites is 1. The molecular formula is C21H25ClF3NO. The Morgan fingerprint density at radius 2 is 1.85 bits per heavy atom. The summed E-state index contributed by atoms with van der Waals surface area (Å²) in [6.07, 6.45) is 0.455. The summed E-state index contributed by atoms with van der Waals surface area (Å²) in [5, 5.41) is 3.17. The van der Waals surface area contributed by atoms with Crippen molar-refractivity contribution in [3.8, 4) is 5.75 Å². The van der Waals surface area contributed by atoms with Gasteiger partial charge < -0.3 is 10.1 Å². The first-order valence-corrected chi connectivity index (χ1v) is 8.68. The fourth-order valence-corrected chi connectivity index (χ4v) is 2.71. The number of alkyl halides is 3. The minimum absolute atomic E-state index is 0. The molecular weight excluding hydrogens is 375 g/mol. The monoisotopic (exact) mass is 399 g/mol. The van der Waals surface area contributed by atoms with Crippen LogP contribution in [-0.4, -0.2) is 19.2 Å². The lowest BCUT2D eigenvalue weighted by Crippen LogP contribution is -2.27. The molecule has 0 radical (unpaired) electrons. The Kier molecular flexibility index (Phi) is 9.39. The molecule has 0 saturated heterocycles. The first kappa shape index (κ1) is 23.1. The number of hydrogen-bond acceptors (Lipinski definition) is 2. The summed E-state index contributed by atoms with van der Waals surface area (Å²) in [5.74, 6) is 0.991. The Morgan fingerprint density at radius 1 is 1.11 bits per heavy atom. The van der Waals surface area contributed by atoms with Crippen LogP contribution in [0.25, 0.3) is 6.08 Å². The summed E-state index contributed by atoms with van der Waals surface area (Å²) in [6, 6.07) is 13.7. The van der Waals surface area contributed by atoms with Gasteiger partial charge in [0.2, 0.25) is 0 Å². The molecule has 0 amide bonds. The van der Waals surface area contributed by atoms with Gasteiger partial charge in [-0.3, -0.25) is 0 Å². The Morgan fingerprint density at radius 3 is 2.52 bits per heavy atom. The number of likely N-dealkylation sites (N-methyl/N-ethyl adjacent to an activating group) is 1. The van der Waals surface area contributed by atoms with Gasteiger partial charge >= 0.3 is 6.18 Å². The van der Waals surface area contributed by atoms with Crippen molar-refractivity contribution < 1.29 is 17.9 Å². The van der Waals surface area contributed by atoms with E-state index in [1.165, 1.54) is 17.7 Å². The van der Waals surface area contributed by atoms with Gasteiger partial charge in [0.15, 0.2) is 0 Å². The van der Waals surface area contributed by atoms with Crippen molar-refractivity contribution in [1.29, 1.82) is 0 Å². The molecule has 2 nitrogen and oxygen atoms in total. The van der Waals surface area contributed by atoms with Crippen molar-refractivity contribution in [2.45, 2.75) is 32.5 Å². The molecule has 2 aromatic carbocycles. The third-order valence-electron chi connectivity index (χ3n) is 3.90. The largest absolute Gasteiger partial charge is 0.489 e. The Labute approximate surface area is 164 Å². The highest BCUT2D eigenvalue weighted by Crippen LogP contribution is 2.29. The summed E-state index contributed by atoms with van der Waals surface area (Å²) >= 11 is 0. The predicted octanol–water partition coefficient (Wildman–Crippen LogP) is 5.76. The SMILES string of the molecule is C1=Cc2ccccc2OC1.CCNC(C)Cc1cccc(C(F)(F)F)c1.Cl. The molecule has 3 rings (SSSR count). The highest BCUT2D eigenvalue weighted by atomic mass is 35.5. The molecule has 1 unspecified atom stereocenters. The normalized spacial score (nSPS) is 13.4. The van der Waals surface area contributed by atoms with Gasteiger partial charge in [0, 0.05) is 11.6 Å². The Bertz CT molecular complexity index is 731. The molecule has 6 heteroatoms. The summed E-state index contributed by atoms with van der Waals surface area (Å²) in [6.45, 7) is 5.46. The quantitative estimate of drug-likeness (QED) is 0.705. The number of benzene rings is 2. The van der Waals surface area contributed by atoms with E-state index in [4.69, 9.17) is 4.74 Å². The van der Waals surface area contributed by atoms with E-state index < -0.39 is 11.7 Å². The first-order valence-electron chi connectivity index (χ1n) is 8.68. The number of rotatable bonds is 4. The molecule has 1 aliphatic heterocycles. The first-order chi connectivity index (χ1) is 12.4. The van der Waals surface area contributed by atoms with E-state index in [2.05, 4.69) is 11.4 Å². The van der Waals surface area contributed by atoms with Crippen LogP contribution in [0.15, 0.2) is 54.6 Å². The Balaban J connectivity index is 0.000000284. The third-order valence-corrected chi connectivity index (χ3v) is 3.90. The molecule has 27 heavy (non-hydrogen) atoms. The van der Waals surface area contributed by atoms with Crippen LogP contribution in [0.1, 0.15) is 30.5 Å². The minimum Gasteiger partial charge on any atom is -0.489 e. The van der Waals surface area contributed by atoms with Crippen LogP contribution in [0.4, 0.5) is 13.2 Å². The minimum atomic E-state index is -4.25. The van der Waals surface area contributed by atoms with E-state index in [9.17, 15) is 13.2 Å². The van der Waals surface area contributed by atoms with Crippen LogP contribution < -0.4 is 10.1 Å². The average molecular weight is 400 g/mol. The molecule has 0 bridgehead atoms. The van der Waals surface area contributed by atoms with Crippen LogP contribution in [0.2, 0.25) is 0 Å². The number of hydrogen-bond donors (Lipinski definition) is 1. The molecule has 0 fully saturated rings. The van der Waals surface area contributed by atoms with Crippen molar-refractivity contribution in [3.05, 3.63) is 71.3 Å². The molecule has 1 aliphatic rings. The lowest BCUT2D eigenvalue weighted by atomic mass is 10.0. The zero-order valence-corrected chi connectivity index (χ0v) is 16.2. The van der Waals surface area contributed by atoms with Crippen molar-refractivity contribution in [2.24, 2.45) is 0 Å². The van der Waals surface area contributed by atoms with Gasteiger partial charge in [-0.15, -0.1) is 12.4 Å². The van der Waals surface area contributed by atoms with E-state index in [1.807, 2.05) is 44.2 Å². The fraction of sp³-hybridized carbons (Fsp3) is 0.333. The van der Waals surface area contributed by atoms with Gasteiger partial charge in [-0.25, -0.2) is 0 Å². The highest BCUT2D eigenvalue weighted by molar-refractivity contribution is 5.85. The zero-order valence-electron chi connectivity index (χ0n) is 15.4. The standard InChI is InChI=1S/C12H16F3N.C9H8O.ClH/c1-3-16-9(2)7-10-5-4-6-11(8-10)12(13,14)15;1-2-6-9-8(4-1)5-3-7-10-9;/h4-6,8-9,16H,3,7H2,1-2H3;1-6H,7H2;1H. The average Bonchev–Trinajstić information content (AvgIpc) is 2.62. The second-order valence-electron chi connectivity index (χ2n) is 6.11. The van der Waals surface area contributed by atoms with Gasteiger partial charge in [0.05, 0.1) is 5.56 Å². The maximum Gasteiger partial charge on any atom is 0.416 e. The number of ether oxygens (including phenoxy) is 1. The molecule has 148 valence electrons. The molecule has 0 aromatic heterocycles. The highest BCUT2D eigenvalue weighted by Gasteiger charge is 2.30.